The van der Waals surface area contributed by atoms with Crippen LogP contribution in [0, 0.1) is 13.8 Å². The van der Waals surface area contributed by atoms with Crippen LogP contribution in [-0.4, -0.2) is 31.8 Å². The molecule has 0 amide bonds. The minimum Gasteiger partial charge on any atom is -0.496 e. The Morgan fingerprint density at radius 2 is 1.92 bits per heavy atom. The third-order valence-corrected chi connectivity index (χ3v) is 4.12. The van der Waals surface area contributed by atoms with Gasteiger partial charge in [0.1, 0.15) is 10.4 Å². The summed E-state index contributed by atoms with van der Waals surface area (Å²) in [6.07, 6.45) is 3.51. The number of pyridine rings is 1. The lowest BCUT2D eigenvalue weighted by Gasteiger charge is -2.12. The molecule has 3 rings (SSSR count). The highest BCUT2D eigenvalue weighted by atomic mass is 79.9. The summed E-state index contributed by atoms with van der Waals surface area (Å²) in [4.78, 5) is 12.8. The molecule has 128 valence electrons. The molecule has 0 fully saturated rings. The predicted octanol–water partition coefficient (Wildman–Crippen LogP) is 3.27. The summed E-state index contributed by atoms with van der Waals surface area (Å²) >= 11 is 3.37. The molecule has 2 N–H and O–H groups in total. The lowest BCUT2D eigenvalue weighted by molar-refractivity contribution is 0.406. The van der Waals surface area contributed by atoms with Crippen LogP contribution in [0.4, 0.5) is 5.95 Å². The summed E-state index contributed by atoms with van der Waals surface area (Å²) in [6, 6.07) is 0. The molecule has 3 aromatic rings. The standard InChI is InChI=1S/C14H15BrN6O.C2H6/c1-7-4-17-10(8(2)11(7)22-3)6-21-13-9(5-18-21)12(15)19-14(16)20-13;1-2/h4-5H,6H2,1-3H3,(H2,16,19,20);1-2H3. The number of nitrogen functional groups attached to an aromatic ring is 1. The molecule has 0 spiro atoms. The molecule has 0 aliphatic heterocycles. The van der Waals surface area contributed by atoms with Gasteiger partial charge in [-0.2, -0.15) is 10.1 Å². The van der Waals surface area contributed by atoms with E-state index in [9.17, 15) is 0 Å². The Kier molecular flexibility index (Phi) is 5.71. The molecule has 0 aliphatic rings. The zero-order valence-corrected chi connectivity index (χ0v) is 16.0. The normalized spacial score (nSPS) is 10.4. The molecule has 0 atom stereocenters. The number of rotatable bonds is 3. The molecular weight excluding hydrogens is 372 g/mol. The monoisotopic (exact) mass is 392 g/mol. The molecule has 0 unspecified atom stereocenters. The molecule has 8 heteroatoms. The van der Waals surface area contributed by atoms with Gasteiger partial charge in [0.25, 0.3) is 0 Å². The molecule has 0 saturated carbocycles. The maximum absolute atomic E-state index is 5.71. The average Bonchev–Trinajstić information content (AvgIpc) is 2.96. The van der Waals surface area contributed by atoms with Crippen molar-refractivity contribution < 1.29 is 4.74 Å². The number of fused-ring (bicyclic) bond motifs is 1. The van der Waals surface area contributed by atoms with Crippen molar-refractivity contribution in [3.63, 3.8) is 0 Å². The van der Waals surface area contributed by atoms with E-state index >= 15 is 0 Å². The van der Waals surface area contributed by atoms with Crippen LogP contribution in [0.15, 0.2) is 17.0 Å². The van der Waals surface area contributed by atoms with E-state index in [-0.39, 0.29) is 5.95 Å². The Hall–Kier alpha value is -2.22. The van der Waals surface area contributed by atoms with E-state index in [1.165, 1.54) is 0 Å². The third-order valence-electron chi connectivity index (χ3n) is 3.52. The van der Waals surface area contributed by atoms with Crippen molar-refractivity contribution in [2.75, 3.05) is 12.8 Å². The molecule has 0 bridgehead atoms. The largest absolute Gasteiger partial charge is 0.496 e. The van der Waals surface area contributed by atoms with Crippen molar-refractivity contribution in [3.05, 3.63) is 33.8 Å². The fraction of sp³-hybridized carbons (Fsp3) is 0.375. The second-order valence-corrected chi connectivity index (χ2v) is 5.71. The van der Waals surface area contributed by atoms with Gasteiger partial charge in [-0.25, -0.2) is 9.67 Å². The van der Waals surface area contributed by atoms with Gasteiger partial charge in [0.2, 0.25) is 5.95 Å². The van der Waals surface area contributed by atoms with E-state index in [0.717, 1.165) is 28.0 Å². The van der Waals surface area contributed by atoms with Crippen LogP contribution in [0.5, 0.6) is 5.75 Å². The molecule has 0 aliphatic carbocycles. The highest BCUT2D eigenvalue weighted by Gasteiger charge is 2.14. The quantitative estimate of drug-likeness (QED) is 0.687. The second kappa shape index (κ2) is 7.57. The van der Waals surface area contributed by atoms with Crippen molar-refractivity contribution in [2.45, 2.75) is 34.2 Å². The molecule has 7 nitrogen and oxygen atoms in total. The minimum absolute atomic E-state index is 0.201. The minimum atomic E-state index is 0.201. The maximum atomic E-state index is 5.71. The molecule has 3 heterocycles. The SMILES string of the molecule is CC.COc1c(C)cnc(Cn2ncc3c(Br)nc(N)nc32)c1C. The molecule has 24 heavy (non-hydrogen) atoms. The summed E-state index contributed by atoms with van der Waals surface area (Å²) in [6.45, 7) is 8.44. The van der Waals surface area contributed by atoms with Crippen LogP contribution in [0.25, 0.3) is 11.0 Å². The zero-order chi connectivity index (χ0) is 17.9. The zero-order valence-electron chi connectivity index (χ0n) is 14.5. The molecular formula is C16H21BrN6O. The fourth-order valence-corrected chi connectivity index (χ4v) is 2.89. The summed E-state index contributed by atoms with van der Waals surface area (Å²) < 4.78 is 7.82. The number of halogens is 1. The fourth-order valence-electron chi connectivity index (χ4n) is 2.42. The molecule has 0 radical (unpaired) electrons. The van der Waals surface area contributed by atoms with Crippen LogP contribution in [0.1, 0.15) is 30.7 Å². The van der Waals surface area contributed by atoms with Crippen molar-refractivity contribution in [2.24, 2.45) is 0 Å². The number of aryl methyl sites for hydroxylation is 1. The van der Waals surface area contributed by atoms with E-state index in [2.05, 4.69) is 36.0 Å². The molecule has 3 aromatic heterocycles. The van der Waals surface area contributed by atoms with Gasteiger partial charge in [0.05, 0.1) is 30.9 Å². The number of nitrogens with two attached hydrogens (primary N) is 1. The first-order chi connectivity index (χ1) is 11.5. The highest BCUT2D eigenvalue weighted by molar-refractivity contribution is 9.10. The Morgan fingerprint density at radius 3 is 2.58 bits per heavy atom. The summed E-state index contributed by atoms with van der Waals surface area (Å²) in [7, 11) is 1.66. The number of methoxy groups -OCH3 is 1. The van der Waals surface area contributed by atoms with Gasteiger partial charge < -0.3 is 10.5 Å². The van der Waals surface area contributed by atoms with Crippen LogP contribution in [0.3, 0.4) is 0 Å². The van der Waals surface area contributed by atoms with E-state index < -0.39 is 0 Å². The Balaban J connectivity index is 0.00000100. The van der Waals surface area contributed by atoms with E-state index in [0.29, 0.717) is 16.8 Å². The van der Waals surface area contributed by atoms with Crippen molar-refractivity contribution in [1.29, 1.82) is 0 Å². The smallest absolute Gasteiger partial charge is 0.223 e. The van der Waals surface area contributed by atoms with Gasteiger partial charge in [0.15, 0.2) is 5.65 Å². The predicted molar refractivity (Wildman–Crippen MR) is 98.1 cm³/mol. The lowest BCUT2D eigenvalue weighted by Crippen LogP contribution is -2.08. The molecule has 0 aromatic carbocycles. The summed E-state index contributed by atoms with van der Waals surface area (Å²) in [5, 5.41) is 5.17. The van der Waals surface area contributed by atoms with Crippen molar-refractivity contribution >= 4 is 32.9 Å². The number of aromatic nitrogens is 5. The van der Waals surface area contributed by atoms with E-state index in [1.807, 2.05) is 27.7 Å². The van der Waals surface area contributed by atoms with Crippen molar-refractivity contribution in [3.8, 4) is 5.75 Å². The maximum Gasteiger partial charge on any atom is 0.223 e. The number of ether oxygens (including phenoxy) is 1. The second-order valence-electron chi connectivity index (χ2n) is 4.96. The number of hydrogen-bond acceptors (Lipinski definition) is 6. The van der Waals surface area contributed by atoms with Crippen LogP contribution < -0.4 is 10.5 Å². The van der Waals surface area contributed by atoms with E-state index in [4.69, 9.17) is 10.5 Å². The van der Waals surface area contributed by atoms with Gasteiger partial charge in [-0.05, 0) is 29.8 Å². The summed E-state index contributed by atoms with van der Waals surface area (Å²) in [5.74, 6) is 1.05. The number of anilines is 1. The third kappa shape index (κ3) is 3.33. The Morgan fingerprint density at radius 1 is 1.21 bits per heavy atom. The highest BCUT2D eigenvalue weighted by Crippen LogP contribution is 2.26. The number of hydrogen-bond donors (Lipinski definition) is 1. The molecule has 0 saturated heterocycles. The van der Waals surface area contributed by atoms with Crippen LogP contribution in [-0.2, 0) is 6.54 Å². The first kappa shape index (κ1) is 18.1. The number of nitrogens with zero attached hydrogens (tertiary/aromatic N) is 5. The first-order valence-corrected chi connectivity index (χ1v) is 8.44. The summed E-state index contributed by atoms with van der Waals surface area (Å²) in [5.41, 5.74) is 9.25. The van der Waals surface area contributed by atoms with Gasteiger partial charge in [0, 0.05) is 17.3 Å². The van der Waals surface area contributed by atoms with Crippen LogP contribution >= 0.6 is 15.9 Å². The van der Waals surface area contributed by atoms with Gasteiger partial charge in [-0.3, -0.25) is 4.98 Å². The Labute approximate surface area is 149 Å². The van der Waals surface area contributed by atoms with Crippen molar-refractivity contribution in [1.82, 2.24) is 24.7 Å². The Bertz CT molecular complexity index is 861. The lowest BCUT2D eigenvalue weighted by atomic mass is 10.1. The topological polar surface area (TPSA) is 91.7 Å². The van der Waals surface area contributed by atoms with Gasteiger partial charge in [-0.15, -0.1) is 0 Å². The van der Waals surface area contributed by atoms with E-state index in [1.54, 1.807) is 24.2 Å². The van der Waals surface area contributed by atoms with Gasteiger partial charge in [-0.1, -0.05) is 13.8 Å². The first-order valence-electron chi connectivity index (χ1n) is 7.65. The van der Waals surface area contributed by atoms with Crippen LogP contribution in [0.2, 0.25) is 0 Å². The van der Waals surface area contributed by atoms with Gasteiger partial charge >= 0.3 is 0 Å². The average molecular weight is 393 g/mol.